The van der Waals surface area contributed by atoms with Crippen molar-refractivity contribution in [1.82, 2.24) is 0 Å². The van der Waals surface area contributed by atoms with E-state index in [2.05, 4.69) is 0 Å². The van der Waals surface area contributed by atoms with E-state index in [0.29, 0.717) is 18.0 Å². The van der Waals surface area contributed by atoms with Gasteiger partial charge in [-0.05, 0) is 25.1 Å². The molecule has 1 aliphatic heterocycles. The van der Waals surface area contributed by atoms with Gasteiger partial charge in [-0.2, -0.15) is 0 Å². The molecule has 0 radical (unpaired) electrons. The van der Waals surface area contributed by atoms with Crippen LogP contribution in [0.15, 0.2) is 18.2 Å². The van der Waals surface area contributed by atoms with Gasteiger partial charge < -0.3 is 15.2 Å². The zero-order valence-corrected chi connectivity index (χ0v) is 10.7. The van der Waals surface area contributed by atoms with E-state index in [-0.39, 0.29) is 31.6 Å². The van der Waals surface area contributed by atoms with Crippen LogP contribution >= 0.6 is 0 Å². The number of nitrogens with two attached hydrogens (primary N) is 1. The Kier molecular flexibility index (Phi) is 4.13. The topological polar surface area (TPSA) is 81.9 Å². The number of amides is 2. The van der Waals surface area contributed by atoms with E-state index in [9.17, 15) is 9.59 Å². The molecular weight excluding hydrogens is 248 g/mol. The van der Waals surface area contributed by atoms with Crippen LogP contribution in [0, 0.1) is 0 Å². The highest BCUT2D eigenvalue weighted by Crippen LogP contribution is 2.26. The summed E-state index contributed by atoms with van der Waals surface area (Å²) in [7, 11) is 0. The average molecular weight is 264 g/mol. The third-order valence-corrected chi connectivity index (χ3v) is 2.77. The summed E-state index contributed by atoms with van der Waals surface area (Å²) in [6.07, 6.45) is 0. The number of imide groups is 1. The molecule has 2 N–H and O–H groups in total. The Morgan fingerprint density at radius 2 is 2.00 bits per heavy atom. The highest BCUT2D eigenvalue weighted by molar-refractivity contribution is 6.17. The summed E-state index contributed by atoms with van der Waals surface area (Å²) < 4.78 is 10.3. The van der Waals surface area contributed by atoms with Crippen molar-refractivity contribution >= 4 is 17.5 Å². The number of morpholine rings is 1. The molecule has 1 aromatic carbocycles. The molecule has 1 fully saturated rings. The highest BCUT2D eigenvalue weighted by Gasteiger charge is 2.28. The smallest absolute Gasteiger partial charge is 0.259 e. The molecule has 0 spiro atoms. The molecule has 6 nitrogen and oxygen atoms in total. The quantitative estimate of drug-likeness (QED) is 0.798. The van der Waals surface area contributed by atoms with Crippen LogP contribution in [0.4, 0.5) is 5.69 Å². The van der Waals surface area contributed by atoms with Crippen molar-refractivity contribution in [1.29, 1.82) is 0 Å². The number of hydrogen-bond acceptors (Lipinski definition) is 5. The third-order valence-electron chi connectivity index (χ3n) is 2.77. The fraction of sp³-hybridized carbons (Fsp3) is 0.385. The summed E-state index contributed by atoms with van der Waals surface area (Å²) in [5, 5.41) is 0. The van der Waals surface area contributed by atoms with Crippen LogP contribution in [0.1, 0.15) is 12.5 Å². The first-order valence-electron chi connectivity index (χ1n) is 6.06. The SMILES string of the molecule is CCOc1ccc(N2C(=O)COCC2=O)cc1CN. The molecule has 0 unspecified atom stereocenters. The molecule has 1 aromatic rings. The molecule has 2 amide bonds. The van der Waals surface area contributed by atoms with Crippen LogP contribution in [0.5, 0.6) is 5.75 Å². The first-order valence-corrected chi connectivity index (χ1v) is 6.06. The van der Waals surface area contributed by atoms with Gasteiger partial charge in [0, 0.05) is 12.1 Å². The summed E-state index contributed by atoms with van der Waals surface area (Å²) in [4.78, 5) is 24.6. The Morgan fingerprint density at radius 3 is 2.58 bits per heavy atom. The van der Waals surface area contributed by atoms with Gasteiger partial charge in [-0.15, -0.1) is 0 Å². The maximum atomic E-state index is 11.7. The van der Waals surface area contributed by atoms with Gasteiger partial charge in [-0.3, -0.25) is 9.59 Å². The lowest BCUT2D eigenvalue weighted by atomic mass is 10.1. The molecule has 0 saturated carbocycles. The molecule has 102 valence electrons. The first-order chi connectivity index (χ1) is 9.17. The second kappa shape index (κ2) is 5.81. The monoisotopic (exact) mass is 264 g/mol. The molecule has 1 saturated heterocycles. The van der Waals surface area contributed by atoms with Crippen molar-refractivity contribution in [2.75, 3.05) is 24.7 Å². The molecular formula is C13H16N2O4. The van der Waals surface area contributed by atoms with Gasteiger partial charge in [-0.1, -0.05) is 0 Å². The van der Waals surface area contributed by atoms with E-state index in [0.717, 1.165) is 10.5 Å². The van der Waals surface area contributed by atoms with Gasteiger partial charge in [0.2, 0.25) is 0 Å². The number of benzene rings is 1. The Morgan fingerprint density at radius 1 is 1.32 bits per heavy atom. The molecule has 0 bridgehead atoms. The van der Waals surface area contributed by atoms with Crippen molar-refractivity contribution in [2.24, 2.45) is 5.73 Å². The van der Waals surface area contributed by atoms with Crippen LogP contribution < -0.4 is 15.4 Å². The van der Waals surface area contributed by atoms with E-state index < -0.39 is 0 Å². The van der Waals surface area contributed by atoms with Crippen LogP contribution in [-0.4, -0.2) is 31.6 Å². The van der Waals surface area contributed by atoms with Crippen molar-refractivity contribution in [3.05, 3.63) is 23.8 Å². The third kappa shape index (κ3) is 2.74. The zero-order chi connectivity index (χ0) is 13.8. The van der Waals surface area contributed by atoms with Gasteiger partial charge in [0.15, 0.2) is 0 Å². The Balaban J connectivity index is 2.34. The standard InChI is InChI=1S/C13H16N2O4/c1-2-19-11-4-3-10(5-9(11)6-14)15-12(16)7-18-8-13(15)17/h3-5H,2,6-8,14H2,1H3. The fourth-order valence-electron chi connectivity index (χ4n) is 1.94. The van der Waals surface area contributed by atoms with E-state index in [1.165, 1.54) is 0 Å². The van der Waals surface area contributed by atoms with Crippen LogP contribution in [0.2, 0.25) is 0 Å². The van der Waals surface area contributed by atoms with Crippen LogP contribution in [0.3, 0.4) is 0 Å². The van der Waals surface area contributed by atoms with Gasteiger partial charge in [0.05, 0.1) is 12.3 Å². The van der Waals surface area contributed by atoms with Crippen LogP contribution in [0.25, 0.3) is 0 Å². The van der Waals surface area contributed by atoms with Gasteiger partial charge in [0.25, 0.3) is 11.8 Å². The number of ether oxygens (including phenoxy) is 2. The lowest BCUT2D eigenvalue weighted by molar-refractivity contribution is -0.138. The number of nitrogens with zero attached hydrogens (tertiary/aromatic N) is 1. The second-order valence-electron chi connectivity index (χ2n) is 4.04. The summed E-state index contributed by atoms with van der Waals surface area (Å²) in [6, 6.07) is 5.09. The molecule has 19 heavy (non-hydrogen) atoms. The second-order valence-corrected chi connectivity index (χ2v) is 4.04. The van der Waals surface area contributed by atoms with Crippen LogP contribution in [-0.2, 0) is 20.9 Å². The first kappa shape index (κ1) is 13.5. The number of anilines is 1. The molecule has 1 aliphatic rings. The number of rotatable bonds is 4. The minimum atomic E-state index is -0.372. The summed E-state index contributed by atoms with van der Waals surface area (Å²) in [6.45, 7) is 2.51. The van der Waals surface area contributed by atoms with Crippen molar-refractivity contribution in [2.45, 2.75) is 13.5 Å². The minimum absolute atomic E-state index is 0.0864. The predicted octanol–water partition coefficient (Wildman–Crippen LogP) is 0.434. The molecule has 0 aliphatic carbocycles. The molecule has 2 rings (SSSR count). The van der Waals surface area contributed by atoms with Crippen molar-refractivity contribution in [3.8, 4) is 5.75 Å². The van der Waals surface area contributed by atoms with Gasteiger partial charge in [-0.25, -0.2) is 4.90 Å². The van der Waals surface area contributed by atoms with E-state index in [4.69, 9.17) is 15.2 Å². The maximum absolute atomic E-state index is 11.7. The lowest BCUT2D eigenvalue weighted by Gasteiger charge is -2.25. The van der Waals surface area contributed by atoms with Gasteiger partial charge >= 0.3 is 0 Å². The predicted molar refractivity (Wildman–Crippen MR) is 68.8 cm³/mol. The van der Waals surface area contributed by atoms with Crippen molar-refractivity contribution < 1.29 is 19.1 Å². The van der Waals surface area contributed by atoms with E-state index in [1.54, 1.807) is 18.2 Å². The minimum Gasteiger partial charge on any atom is -0.494 e. The molecule has 1 heterocycles. The summed E-state index contributed by atoms with van der Waals surface area (Å²) in [5.41, 5.74) is 6.91. The summed E-state index contributed by atoms with van der Waals surface area (Å²) in [5.74, 6) is -0.0753. The number of hydrogen-bond donors (Lipinski definition) is 1. The highest BCUT2D eigenvalue weighted by atomic mass is 16.5. The molecule has 6 heteroatoms. The summed E-state index contributed by atoms with van der Waals surface area (Å²) >= 11 is 0. The largest absolute Gasteiger partial charge is 0.494 e. The molecule has 0 atom stereocenters. The zero-order valence-electron chi connectivity index (χ0n) is 10.7. The Bertz CT molecular complexity index is 485. The maximum Gasteiger partial charge on any atom is 0.259 e. The van der Waals surface area contributed by atoms with E-state index >= 15 is 0 Å². The number of carbonyl (C=O) groups is 2. The molecule has 0 aromatic heterocycles. The van der Waals surface area contributed by atoms with Crippen molar-refractivity contribution in [3.63, 3.8) is 0 Å². The Labute approximate surface area is 111 Å². The normalized spacial score (nSPS) is 15.8. The van der Waals surface area contributed by atoms with Gasteiger partial charge in [0.1, 0.15) is 19.0 Å². The fourth-order valence-corrected chi connectivity index (χ4v) is 1.94. The lowest BCUT2D eigenvalue weighted by Crippen LogP contribution is -2.46. The average Bonchev–Trinajstić information content (AvgIpc) is 2.40. The number of carbonyl (C=O) groups excluding carboxylic acids is 2. The Hall–Kier alpha value is -1.92. The van der Waals surface area contributed by atoms with E-state index in [1.807, 2.05) is 6.92 Å².